The maximum absolute atomic E-state index is 10.6. The van der Waals surface area contributed by atoms with E-state index in [-0.39, 0.29) is 5.16 Å². The first-order chi connectivity index (χ1) is 13.6. The fourth-order valence-electron chi connectivity index (χ4n) is 4.03. The van der Waals surface area contributed by atoms with Crippen molar-refractivity contribution in [1.29, 1.82) is 0 Å². The largest absolute Gasteiger partial charge is 0.508 e. The van der Waals surface area contributed by atoms with E-state index in [1.165, 1.54) is 35.7 Å². The molecule has 0 saturated carbocycles. The fourth-order valence-corrected chi connectivity index (χ4v) is 5.70. The molecule has 1 aliphatic heterocycles. The van der Waals surface area contributed by atoms with Crippen LogP contribution in [0.5, 0.6) is 5.75 Å². The van der Waals surface area contributed by atoms with Gasteiger partial charge in [-0.15, -0.1) is 0 Å². The van der Waals surface area contributed by atoms with Crippen molar-refractivity contribution in [1.82, 2.24) is 5.01 Å². The van der Waals surface area contributed by atoms with Crippen LogP contribution < -0.4 is 5.30 Å². The zero-order valence-corrected chi connectivity index (χ0v) is 18.4. The number of hydrogen-bond donors (Lipinski definition) is 1. The quantitative estimate of drug-likeness (QED) is 0.493. The molecule has 0 bridgehead atoms. The molecule has 1 saturated heterocycles. The van der Waals surface area contributed by atoms with E-state index in [4.69, 9.17) is 5.10 Å². The Morgan fingerprint density at radius 3 is 2.50 bits per heavy atom. The van der Waals surface area contributed by atoms with Gasteiger partial charge in [0.2, 0.25) is 0 Å². The molecule has 2 aromatic carbocycles. The Labute approximate surface area is 171 Å². The topological polar surface area (TPSA) is 35.8 Å². The monoisotopic (exact) mass is 396 g/mol. The number of aryl methyl sites for hydroxylation is 1. The van der Waals surface area contributed by atoms with Gasteiger partial charge in [-0.2, -0.15) is 5.10 Å². The zero-order chi connectivity index (χ0) is 20.0. The van der Waals surface area contributed by atoms with E-state index in [2.05, 4.69) is 56.1 Å². The van der Waals surface area contributed by atoms with Crippen LogP contribution in [-0.4, -0.2) is 29.4 Å². The Balaban J connectivity index is 1.92. The van der Waals surface area contributed by atoms with Crippen molar-refractivity contribution in [2.45, 2.75) is 58.0 Å². The van der Waals surface area contributed by atoms with Gasteiger partial charge in [0, 0.05) is 29.4 Å². The molecule has 0 spiro atoms. The fraction of sp³-hybridized carbons (Fsp3) is 0.458. The van der Waals surface area contributed by atoms with E-state index in [0.29, 0.717) is 14.3 Å². The lowest BCUT2D eigenvalue weighted by atomic mass is 9.91. The van der Waals surface area contributed by atoms with Crippen LogP contribution in [0.15, 0.2) is 47.6 Å². The van der Waals surface area contributed by atoms with Crippen molar-refractivity contribution >= 4 is 20.1 Å². The van der Waals surface area contributed by atoms with E-state index in [1.54, 1.807) is 0 Å². The number of hydrazone groups is 1. The molecule has 3 rings (SSSR count). The summed E-state index contributed by atoms with van der Waals surface area (Å²) in [5, 5.41) is 18.9. The number of phenols is 1. The molecule has 1 unspecified atom stereocenters. The molecule has 0 radical (unpaired) electrons. The SMILES string of the molecule is CCC(CC)(Pc1ccccc1/C=N/N1CCCCC1)c1cc(C)ccc1O. The second kappa shape index (κ2) is 9.56. The number of nitrogens with zero attached hydrogens (tertiary/aromatic N) is 2. The van der Waals surface area contributed by atoms with Crippen LogP contribution in [0.25, 0.3) is 0 Å². The lowest BCUT2D eigenvalue weighted by Gasteiger charge is -2.34. The summed E-state index contributed by atoms with van der Waals surface area (Å²) in [5.74, 6) is 0.418. The Kier molecular flexibility index (Phi) is 7.13. The maximum Gasteiger partial charge on any atom is 0.119 e. The van der Waals surface area contributed by atoms with E-state index in [0.717, 1.165) is 31.5 Å². The van der Waals surface area contributed by atoms with Crippen molar-refractivity contribution in [3.05, 3.63) is 59.2 Å². The predicted octanol–water partition coefficient (Wildman–Crippen LogP) is 5.54. The zero-order valence-electron chi connectivity index (χ0n) is 17.4. The summed E-state index contributed by atoms with van der Waals surface area (Å²) in [6.45, 7) is 8.70. The number of aromatic hydroxyl groups is 1. The molecule has 4 heteroatoms. The van der Waals surface area contributed by atoms with Gasteiger partial charge in [0.15, 0.2) is 0 Å². The second-order valence-electron chi connectivity index (χ2n) is 7.78. The average Bonchev–Trinajstić information content (AvgIpc) is 2.74. The molecule has 0 amide bonds. The summed E-state index contributed by atoms with van der Waals surface area (Å²) in [5.41, 5.74) is 3.48. The summed E-state index contributed by atoms with van der Waals surface area (Å²) in [7, 11) is 0.584. The van der Waals surface area contributed by atoms with Gasteiger partial charge in [0.25, 0.3) is 0 Å². The Hall–Kier alpha value is -1.86. The van der Waals surface area contributed by atoms with Crippen molar-refractivity contribution in [3.8, 4) is 5.75 Å². The standard InChI is InChI=1S/C24H33N2OP/c1-4-24(5-2,21-17-19(3)13-14-22(21)27)28-23-12-8-7-11-20(23)18-25-26-15-9-6-10-16-26/h7-8,11-14,17-18,27-28H,4-6,9-10,15-16H2,1-3H3/b25-18+. The van der Waals surface area contributed by atoms with E-state index >= 15 is 0 Å². The molecular weight excluding hydrogens is 363 g/mol. The molecule has 1 atom stereocenters. The van der Waals surface area contributed by atoms with E-state index < -0.39 is 0 Å². The van der Waals surface area contributed by atoms with E-state index in [1.807, 2.05) is 18.3 Å². The predicted molar refractivity (Wildman–Crippen MR) is 123 cm³/mol. The second-order valence-corrected chi connectivity index (χ2v) is 9.53. The summed E-state index contributed by atoms with van der Waals surface area (Å²) in [6.07, 6.45) is 7.83. The molecule has 150 valence electrons. The van der Waals surface area contributed by atoms with Crippen molar-refractivity contribution in [2.75, 3.05) is 13.1 Å². The third kappa shape index (κ3) is 4.75. The summed E-state index contributed by atoms with van der Waals surface area (Å²) in [6, 6.07) is 14.6. The first-order valence-corrected chi connectivity index (χ1v) is 11.5. The minimum Gasteiger partial charge on any atom is -0.508 e. The highest BCUT2D eigenvalue weighted by molar-refractivity contribution is 7.48. The molecule has 1 N–H and O–H groups in total. The van der Waals surface area contributed by atoms with Crippen LogP contribution in [0.1, 0.15) is 62.6 Å². The normalized spacial score (nSPS) is 15.8. The first-order valence-electron chi connectivity index (χ1n) is 10.5. The van der Waals surface area contributed by atoms with Crippen LogP contribution in [0, 0.1) is 6.92 Å². The van der Waals surface area contributed by atoms with Crippen molar-refractivity contribution in [2.24, 2.45) is 5.10 Å². The Bertz CT molecular complexity index is 808. The molecule has 2 aromatic rings. The van der Waals surface area contributed by atoms with Gasteiger partial charge in [-0.3, -0.25) is 5.01 Å². The molecule has 1 heterocycles. The smallest absolute Gasteiger partial charge is 0.119 e. The minimum atomic E-state index is -0.0504. The molecule has 28 heavy (non-hydrogen) atoms. The maximum atomic E-state index is 10.6. The van der Waals surface area contributed by atoms with Gasteiger partial charge in [0.05, 0.1) is 6.21 Å². The van der Waals surface area contributed by atoms with Crippen LogP contribution in [0.2, 0.25) is 0 Å². The summed E-state index contributed by atoms with van der Waals surface area (Å²) >= 11 is 0. The highest BCUT2D eigenvalue weighted by Crippen LogP contribution is 2.50. The molecule has 1 aliphatic rings. The molecule has 1 fully saturated rings. The lowest BCUT2D eigenvalue weighted by Crippen LogP contribution is -2.25. The number of benzene rings is 2. The van der Waals surface area contributed by atoms with Crippen LogP contribution in [0.3, 0.4) is 0 Å². The Morgan fingerprint density at radius 2 is 1.79 bits per heavy atom. The summed E-state index contributed by atoms with van der Waals surface area (Å²) < 4.78 is 0. The molecule has 3 nitrogen and oxygen atoms in total. The van der Waals surface area contributed by atoms with Gasteiger partial charge >= 0.3 is 0 Å². The van der Waals surface area contributed by atoms with Crippen LogP contribution >= 0.6 is 8.58 Å². The number of phenolic OH excluding ortho intramolecular Hbond substituents is 1. The summed E-state index contributed by atoms with van der Waals surface area (Å²) in [4.78, 5) is 0. The third-order valence-corrected chi connectivity index (χ3v) is 8.08. The first kappa shape index (κ1) is 20.9. The van der Waals surface area contributed by atoms with Gasteiger partial charge in [-0.25, -0.2) is 0 Å². The highest BCUT2D eigenvalue weighted by Gasteiger charge is 2.32. The van der Waals surface area contributed by atoms with Crippen LogP contribution in [-0.2, 0) is 5.16 Å². The van der Waals surface area contributed by atoms with Gasteiger partial charge in [0.1, 0.15) is 5.75 Å². The number of hydrogen-bond acceptors (Lipinski definition) is 3. The molecule has 0 aromatic heterocycles. The minimum absolute atomic E-state index is 0.0504. The molecule has 0 aliphatic carbocycles. The average molecular weight is 397 g/mol. The van der Waals surface area contributed by atoms with Crippen LogP contribution in [0.4, 0.5) is 0 Å². The van der Waals surface area contributed by atoms with Gasteiger partial charge in [-0.1, -0.05) is 64.4 Å². The van der Waals surface area contributed by atoms with Gasteiger partial charge < -0.3 is 5.11 Å². The number of rotatable bonds is 7. The van der Waals surface area contributed by atoms with Crippen molar-refractivity contribution in [3.63, 3.8) is 0 Å². The third-order valence-electron chi connectivity index (χ3n) is 5.90. The highest BCUT2D eigenvalue weighted by atomic mass is 31.1. The molecular formula is C24H33N2OP. The van der Waals surface area contributed by atoms with Gasteiger partial charge in [-0.05, 0) is 50.4 Å². The van der Waals surface area contributed by atoms with Crippen molar-refractivity contribution < 1.29 is 5.11 Å². The Morgan fingerprint density at radius 1 is 1.07 bits per heavy atom. The number of piperidine rings is 1. The lowest BCUT2D eigenvalue weighted by molar-refractivity contribution is 0.240. The van der Waals surface area contributed by atoms with E-state index in [9.17, 15) is 5.11 Å².